The van der Waals surface area contributed by atoms with Gasteiger partial charge in [0.2, 0.25) is 5.91 Å². The van der Waals surface area contributed by atoms with Gasteiger partial charge in [-0.1, -0.05) is 44.9 Å². The molecule has 0 spiro atoms. The smallest absolute Gasteiger partial charge is 0.226 e. The van der Waals surface area contributed by atoms with E-state index in [2.05, 4.69) is 13.5 Å². The Labute approximate surface area is 122 Å². The summed E-state index contributed by atoms with van der Waals surface area (Å²) in [5.74, 6) is 0.191. The maximum absolute atomic E-state index is 11.6. The second-order valence-corrected chi connectivity index (χ2v) is 5.34. The van der Waals surface area contributed by atoms with Gasteiger partial charge in [0.05, 0.1) is 6.10 Å². The average molecular weight is 277 g/mol. The van der Waals surface area contributed by atoms with Crippen molar-refractivity contribution >= 4 is 5.91 Å². The minimum absolute atomic E-state index is 0.191. The molecule has 1 unspecified atom stereocenters. The number of allylic oxidation sites excluding steroid dienone is 3. The van der Waals surface area contributed by atoms with Crippen LogP contribution in [0.4, 0.5) is 0 Å². The molecule has 0 aromatic carbocycles. The number of hydrogen-bond acceptors (Lipinski definition) is 2. The summed E-state index contributed by atoms with van der Waals surface area (Å²) >= 11 is 0. The lowest BCUT2D eigenvalue weighted by Crippen LogP contribution is -2.22. The van der Waals surface area contributed by atoms with Crippen molar-refractivity contribution in [2.75, 3.05) is 6.54 Å². The summed E-state index contributed by atoms with van der Waals surface area (Å²) in [7, 11) is 0. The van der Waals surface area contributed by atoms with Crippen LogP contribution in [0.3, 0.4) is 0 Å². The van der Waals surface area contributed by atoms with Crippen LogP contribution in [0.1, 0.15) is 52.4 Å². The number of rotatable bonds is 8. The number of aliphatic hydroxyl groups excluding tert-OH is 1. The predicted molar refractivity (Wildman–Crippen MR) is 83.1 cm³/mol. The number of unbranched alkanes of at least 4 members (excludes halogenated alkanes) is 2. The highest BCUT2D eigenvalue weighted by atomic mass is 16.3. The third-order valence-corrected chi connectivity index (χ3v) is 3.72. The average Bonchev–Trinajstić information content (AvgIpc) is 2.86. The number of carbonyl (C=O) groups is 1. The highest BCUT2D eigenvalue weighted by Gasteiger charge is 2.20. The van der Waals surface area contributed by atoms with Gasteiger partial charge in [0.15, 0.2) is 0 Å². The van der Waals surface area contributed by atoms with Crippen molar-refractivity contribution in [1.29, 1.82) is 0 Å². The normalized spacial score (nSPS) is 18.6. The molecular weight excluding hydrogens is 250 g/mol. The Kier molecular flexibility index (Phi) is 7.31. The van der Waals surface area contributed by atoms with E-state index < -0.39 is 6.10 Å². The first-order valence-electron chi connectivity index (χ1n) is 7.59. The fourth-order valence-electron chi connectivity index (χ4n) is 2.40. The molecule has 112 valence electrons. The second-order valence-electron chi connectivity index (χ2n) is 5.34. The van der Waals surface area contributed by atoms with Crippen molar-refractivity contribution in [3.05, 3.63) is 36.1 Å². The van der Waals surface area contributed by atoms with E-state index in [0.717, 1.165) is 49.9 Å². The van der Waals surface area contributed by atoms with Crippen LogP contribution in [0.2, 0.25) is 0 Å². The Balaban J connectivity index is 2.63. The Morgan fingerprint density at radius 2 is 2.20 bits per heavy atom. The molecule has 1 aliphatic heterocycles. The zero-order valence-corrected chi connectivity index (χ0v) is 12.8. The number of nitrogens with zero attached hydrogens (tertiary/aromatic N) is 1. The first kappa shape index (κ1) is 16.7. The molecule has 1 N–H and O–H groups in total. The molecule has 0 aromatic heterocycles. The van der Waals surface area contributed by atoms with Gasteiger partial charge < -0.3 is 10.0 Å². The summed E-state index contributed by atoms with van der Waals surface area (Å²) in [6, 6.07) is 0. The fourth-order valence-corrected chi connectivity index (χ4v) is 2.40. The summed E-state index contributed by atoms with van der Waals surface area (Å²) in [6.45, 7) is 8.65. The standard InChI is InChI=1S/C17H27NO2/c1-4-6-7-9-16(19)15(5-2)12-11-14(3)18-13-8-10-17(18)20/h5,11-12,16,19H,2,4,6-10,13H2,1,3H3/b14-11+,15-12+. The van der Waals surface area contributed by atoms with E-state index in [1.54, 1.807) is 11.0 Å². The topological polar surface area (TPSA) is 40.5 Å². The third kappa shape index (κ3) is 4.97. The zero-order chi connectivity index (χ0) is 15.0. The highest BCUT2D eigenvalue weighted by molar-refractivity contribution is 5.79. The minimum atomic E-state index is -0.461. The van der Waals surface area contributed by atoms with E-state index in [1.165, 1.54) is 0 Å². The van der Waals surface area contributed by atoms with Crippen LogP contribution in [0.25, 0.3) is 0 Å². The van der Waals surface area contributed by atoms with Gasteiger partial charge >= 0.3 is 0 Å². The monoisotopic (exact) mass is 277 g/mol. The SMILES string of the molecule is C=C/C(=C\C=C(/C)N1CCCC1=O)C(O)CCCCC. The molecule has 1 aliphatic rings. The van der Waals surface area contributed by atoms with E-state index in [0.29, 0.717) is 6.42 Å². The van der Waals surface area contributed by atoms with Crippen molar-refractivity contribution in [2.24, 2.45) is 0 Å². The van der Waals surface area contributed by atoms with Crippen molar-refractivity contribution < 1.29 is 9.90 Å². The van der Waals surface area contributed by atoms with Crippen molar-refractivity contribution in [3.63, 3.8) is 0 Å². The Bertz CT molecular complexity index is 396. The second kappa shape index (κ2) is 8.75. The maximum atomic E-state index is 11.6. The molecule has 1 atom stereocenters. The van der Waals surface area contributed by atoms with E-state index in [1.807, 2.05) is 19.1 Å². The van der Waals surface area contributed by atoms with Crippen LogP contribution in [0.5, 0.6) is 0 Å². The largest absolute Gasteiger partial charge is 0.388 e. The molecule has 1 heterocycles. The summed E-state index contributed by atoms with van der Waals surface area (Å²) in [6.07, 6.45) is 10.7. The summed E-state index contributed by atoms with van der Waals surface area (Å²) < 4.78 is 0. The molecule has 0 aromatic rings. The van der Waals surface area contributed by atoms with Gasteiger partial charge in [-0.3, -0.25) is 4.79 Å². The molecule has 3 heteroatoms. The summed E-state index contributed by atoms with van der Waals surface area (Å²) in [5, 5.41) is 10.1. The number of carbonyl (C=O) groups excluding carboxylic acids is 1. The number of likely N-dealkylation sites (tertiary alicyclic amines) is 1. The molecule has 20 heavy (non-hydrogen) atoms. The predicted octanol–water partition coefficient (Wildman–Crippen LogP) is 3.57. The van der Waals surface area contributed by atoms with E-state index in [-0.39, 0.29) is 5.91 Å². The van der Waals surface area contributed by atoms with E-state index in [9.17, 15) is 9.90 Å². The van der Waals surface area contributed by atoms with Crippen LogP contribution in [-0.2, 0) is 4.79 Å². The fraction of sp³-hybridized carbons (Fsp3) is 0.588. The van der Waals surface area contributed by atoms with Crippen LogP contribution in [0, 0.1) is 0 Å². The number of hydrogen-bond donors (Lipinski definition) is 1. The summed E-state index contributed by atoms with van der Waals surface area (Å²) in [5.41, 5.74) is 1.76. The van der Waals surface area contributed by atoms with Crippen molar-refractivity contribution in [3.8, 4) is 0 Å². The minimum Gasteiger partial charge on any atom is -0.388 e. The molecule has 0 saturated carbocycles. The lowest BCUT2D eigenvalue weighted by Gasteiger charge is -2.16. The third-order valence-electron chi connectivity index (χ3n) is 3.72. The highest BCUT2D eigenvalue weighted by Crippen LogP contribution is 2.17. The molecule has 1 saturated heterocycles. The molecule has 0 radical (unpaired) electrons. The van der Waals surface area contributed by atoms with Gasteiger partial charge in [-0.15, -0.1) is 0 Å². The van der Waals surface area contributed by atoms with Gasteiger partial charge in [0.25, 0.3) is 0 Å². The molecule has 0 aliphatic carbocycles. The maximum Gasteiger partial charge on any atom is 0.226 e. The Hall–Kier alpha value is -1.35. The van der Waals surface area contributed by atoms with Crippen LogP contribution in [0.15, 0.2) is 36.1 Å². The van der Waals surface area contributed by atoms with Gasteiger partial charge in [0, 0.05) is 18.7 Å². The van der Waals surface area contributed by atoms with Crippen LogP contribution >= 0.6 is 0 Å². The van der Waals surface area contributed by atoms with E-state index >= 15 is 0 Å². The number of aliphatic hydroxyl groups is 1. The van der Waals surface area contributed by atoms with E-state index in [4.69, 9.17) is 0 Å². The van der Waals surface area contributed by atoms with Gasteiger partial charge in [-0.2, -0.15) is 0 Å². The molecule has 0 bridgehead atoms. The first-order valence-corrected chi connectivity index (χ1v) is 7.59. The van der Waals surface area contributed by atoms with Crippen LogP contribution in [-0.4, -0.2) is 28.6 Å². The molecule has 1 rings (SSSR count). The quantitative estimate of drug-likeness (QED) is 0.544. The van der Waals surface area contributed by atoms with Gasteiger partial charge in [-0.25, -0.2) is 0 Å². The lowest BCUT2D eigenvalue weighted by molar-refractivity contribution is -0.126. The van der Waals surface area contributed by atoms with Crippen LogP contribution < -0.4 is 0 Å². The zero-order valence-electron chi connectivity index (χ0n) is 12.8. The Morgan fingerprint density at radius 1 is 1.45 bits per heavy atom. The Morgan fingerprint density at radius 3 is 2.75 bits per heavy atom. The first-order chi connectivity index (χ1) is 9.60. The van der Waals surface area contributed by atoms with Crippen molar-refractivity contribution in [2.45, 2.75) is 58.5 Å². The van der Waals surface area contributed by atoms with Gasteiger partial charge in [-0.05, 0) is 31.4 Å². The lowest BCUT2D eigenvalue weighted by atomic mass is 10.0. The summed E-state index contributed by atoms with van der Waals surface area (Å²) in [4.78, 5) is 13.4. The molecule has 1 amide bonds. The number of amides is 1. The molecular formula is C17H27NO2. The molecule has 3 nitrogen and oxygen atoms in total. The molecule has 1 fully saturated rings. The van der Waals surface area contributed by atoms with Gasteiger partial charge in [0.1, 0.15) is 0 Å². The van der Waals surface area contributed by atoms with Crippen molar-refractivity contribution in [1.82, 2.24) is 4.90 Å².